The standard InChI is InChI=1S/C16H27NO3/c1-16(2,3)15(9-10-18)17-11-14(19)12-5-7-13(20-4)8-6-12/h5-8,14-15,17-19H,9-11H2,1-4H3. The average Bonchev–Trinajstić information content (AvgIpc) is 2.42. The van der Waals surface area contributed by atoms with E-state index in [9.17, 15) is 5.11 Å². The number of ether oxygens (including phenoxy) is 1. The van der Waals surface area contributed by atoms with Crippen LogP contribution in [0, 0.1) is 5.41 Å². The van der Waals surface area contributed by atoms with Crippen molar-refractivity contribution >= 4 is 0 Å². The van der Waals surface area contributed by atoms with E-state index in [1.54, 1.807) is 7.11 Å². The van der Waals surface area contributed by atoms with Gasteiger partial charge in [-0.1, -0.05) is 32.9 Å². The Kier molecular flexibility index (Phi) is 6.46. The van der Waals surface area contributed by atoms with Gasteiger partial charge in [0.1, 0.15) is 5.75 Å². The molecule has 114 valence electrons. The first-order valence-corrected chi connectivity index (χ1v) is 7.04. The van der Waals surface area contributed by atoms with Crippen molar-refractivity contribution in [1.82, 2.24) is 5.32 Å². The molecule has 0 spiro atoms. The first-order valence-electron chi connectivity index (χ1n) is 7.04. The summed E-state index contributed by atoms with van der Waals surface area (Å²) in [6.45, 7) is 6.99. The Bertz CT molecular complexity index is 384. The van der Waals surface area contributed by atoms with Crippen LogP contribution in [0.4, 0.5) is 0 Å². The lowest BCUT2D eigenvalue weighted by atomic mass is 9.85. The summed E-state index contributed by atoms with van der Waals surface area (Å²) in [4.78, 5) is 0. The third-order valence-electron chi connectivity index (χ3n) is 3.52. The highest BCUT2D eigenvalue weighted by molar-refractivity contribution is 5.28. The van der Waals surface area contributed by atoms with Crippen LogP contribution in [-0.4, -0.2) is 36.5 Å². The van der Waals surface area contributed by atoms with Crippen LogP contribution in [0.25, 0.3) is 0 Å². The van der Waals surface area contributed by atoms with Crippen LogP contribution in [0.15, 0.2) is 24.3 Å². The summed E-state index contributed by atoms with van der Waals surface area (Å²) < 4.78 is 5.10. The van der Waals surface area contributed by atoms with E-state index in [4.69, 9.17) is 9.84 Å². The van der Waals surface area contributed by atoms with Crippen molar-refractivity contribution in [2.24, 2.45) is 5.41 Å². The molecule has 1 aromatic carbocycles. The van der Waals surface area contributed by atoms with Crippen molar-refractivity contribution < 1.29 is 14.9 Å². The molecule has 1 rings (SSSR count). The quantitative estimate of drug-likeness (QED) is 0.716. The minimum atomic E-state index is -0.565. The Morgan fingerprint density at radius 1 is 1.20 bits per heavy atom. The van der Waals surface area contributed by atoms with Gasteiger partial charge in [-0.15, -0.1) is 0 Å². The molecule has 0 bridgehead atoms. The van der Waals surface area contributed by atoms with Gasteiger partial charge in [0.25, 0.3) is 0 Å². The topological polar surface area (TPSA) is 61.7 Å². The molecular formula is C16H27NO3. The zero-order valence-electron chi connectivity index (χ0n) is 12.9. The minimum absolute atomic E-state index is 0.0440. The van der Waals surface area contributed by atoms with Gasteiger partial charge in [0.2, 0.25) is 0 Å². The summed E-state index contributed by atoms with van der Waals surface area (Å²) in [6.07, 6.45) is 0.114. The smallest absolute Gasteiger partial charge is 0.118 e. The molecule has 0 aromatic heterocycles. The number of aliphatic hydroxyl groups excluding tert-OH is 2. The number of hydrogen-bond donors (Lipinski definition) is 3. The number of nitrogens with one attached hydrogen (secondary N) is 1. The molecule has 4 nitrogen and oxygen atoms in total. The predicted molar refractivity (Wildman–Crippen MR) is 80.9 cm³/mol. The van der Waals surface area contributed by atoms with E-state index in [0.29, 0.717) is 13.0 Å². The highest BCUT2D eigenvalue weighted by atomic mass is 16.5. The number of rotatable bonds is 7. The number of benzene rings is 1. The predicted octanol–water partition coefficient (Wildman–Crippen LogP) is 2.12. The van der Waals surface area contributed by atoms with Crippen molar-refractivity contribution in [1.29, 1.82) is 0 Å². The molecule has 0 saturated carbocycles. The second-order valence-electron chi connectivity index (χ2n) is 6.13. The first kappa shape index (κ1) is 17.0. The highest BCUT2D eigenvalue weighted by Crippen LogP contribution is 2.23. The molecule has 4 heteroatoms. The molecular weight excluding hydrogens is 254 g/mol. The van der Waals surface area contributed by atoms with E-state index in [2.05, 4.69) is 26.1 Å². The molecule has 0 aliphatic heterocycles. The van der Waals surface area contributed by atoms with Crippen molar-refractivity contribution in [3.63, 3.8) is 0 Å². The van der Waals surface area contributed by atoms with Gasteiger partial charge in [0, 0.05) is 19.2 Å². The van der Waals surface area contributed by atoms with Gasteiger partial charge in [-0.25, -0.2) is 0 Å². The fraction of sp³-hybridized carbons (Fsp3) is 0.625. The summed E-state index contributed by atoms with van der Waals surface area (Å²) >= 11 is 0. The summed E-state index contributed by atoms with van der Waals surface area (Å²) in [5.41, 5.74) is 0.900. The second kappa shape index (κ2) is 7.62. The number of aliphatic hydroxyl groups is 2. The van der Waals surface area contributed by atoms with Gasteiger partial charge in [-0.3, -0.25) is 0 Å². The molecule has 0 radical (unpaired) electrons. The van der Waals surface area contributed by atoms with Crippen LogP contribution in [-0.2, 0) is 0 Å². The molecule has 3 N–H and O–H groups in total. The molecule has 2 unspecified atom stereocenters. The molecule has 0 aliphatic rings. The Morgan fingerprint density at radius 2 is 1.80 bits per heavy atom. The van der Waals surface area contributed by atoms with Gasteiger partial charge in [-0.2, -0.15) is 0 Å². The van der Waals surface area contributed by atoms with Gasteiger partial charge < -0.3 is 20.3 Å². The van der Waals surface area contributed by atoms with Gasteiger partial charge in [0.05, 0.1) is 13.2 Å². The summed E-state index contributed by atoms with van der Waals surface area (Å²) in [7, 11) is 1.62. The minimum Gasteiger partial charge on any atom is -0.497 e. The fourth-order valence-electron chi connectivity index (χ4n) is 2.17. The zero-order valence-corrected chi connectivity index (χ0v) is 12.9. The normalized spacial score (nSPS) is 14.9. The van der Waals surface area contributed by atoms with E-state index >= 15 is 0 Å². The Hall–Kier alpha value is -1.10. The van der Waals surface area contributed by atoms with Crippen molar-refractivity contribution in [2.45, 2.75) is 39.3 Å². The third-order valence-corrected chi connectivity index (χ3v) is 3.52. The number of hydrogen-bond acceptors (Lipinski definition) is 4. The van der Waals surface area contributed by atoms with Crippen LogP contribution in [0.5, 0.6) is 5.75 Å². The van der Waals surface area contributed by atoms with Gasteiger partial charge in [0.15, 0.2) is 0 Å². The summed E-state index contributed by atoms with van der Waals surface area (Å²) in [6, 6.07) is 7.58. The third kappa shape index (κ3) is 5.12. The second-order valence-corrected chi connectivity index (χ2v) is 6.13. The maximum absolute atomic E-state index is 10.2. The van der Waals surface area contributed by atoms with Gasteiger partial charge in [-0.05, 0) is 29.5 Å². The van der Waals surface area contributed by atoms with Crippen molar-refractivity contribution in [2.75, 3.05) is 20.3 Å². The Balaban J connectivity index is 2.58. The van der Waals surface area contributed by atoms with Crippen molar-refractivity contribution in [3.05, 3.63) is 29.8 Å². The lowest BCUT2D eigenvalue weighted by Crippen LogP contribution is -2.42. The molecule has 2 atom stereocenters. The molecule has 1 aromatic rings. The lowest BCUT2D eigenvalue weighted by molar-refractivity contribution is 0.142. The molecule has 0 amide bonds. The largest absolute Gasteiger partial charge is 0.497 e. The van der Waals surface area contributed by atoms with E-state index in [0.717, 1.165) is 11.3 Å². The Labute approximate surface area is 121 Å². The van der Waals surface area contributed by atoms with Crippen molar-refractivity contribution in [3.8, 4) is 5.75 Å². The molecule has 0 fully saturated rings. The SMILES string of the molecule is COc1ccc(C(O)CNC(CCO)C(C)(C)C)cc1. The van der Waals surface area contributed by atoms with E-state index in [-0.39, 0.29) is 18.1 Å². The van der Waals surface area contributed by atoms with Gasteiger partial charge >= 0.3 is 0 Å². The average molecular weight is 281 g/mol. The van der Waals surface area contributed by atoms with E-state index in [1.807, 2.05) is 24.3 Å². The first-order chi connectivity index (χ1) is 9.38. The zero-order chi connectivity index (χ0) is 15.2. The molecule has 0 heterocycles. The Morgan fingerprint density at radius 3 is 2.25 bits per heavy atom. The monoisotopic (exact) mass is 281 g/mol. The molecule has 0 aliphatic carbocycles. The highest BCUT2D eigenvalue weighted by Gasteiger charge is 2.24. The summed E-state index contributed by atoms with van der Waals surface area (Å²) in [5.74, 6) is 0.779. The van der Waals surface area contributed by atoms with Crippen LogP contribution in [0.2, 0.25) is 0 Å². The van der Waals surface area contributed by atoms with Crippen LogP contribution in [0.1, 0.15) is 38.9 Å². The summed E-state index contributed by atoms with van der Waals surface area (Å²) in [5, 5.41) is 22.7. The molecule has 20 heavy (non-hydrogen) atoms. The number of methoxy groups -OCH3 is 1. The maximum atomic E-state index is 10.2. The van der Waals surface area contributed by atoms with Crippen LogP contribution < -0.4 is 10.1 Å². The van der Waals surface area contributed by atoms with E-state index < -0.39 is 6.10 Å². The maximum Gasteiger partial charge on any atom is 0.118 e. The molecule has 0 saturated heterocycles. The van der Waals surface area contributed by atoms with Crippen LogP contribution >= 0.6 is 0 Å². The fourth-order valence-corrected chi connectivity index (χ4v) is 2.17. The van der Waals surface area contributed by atoms with E-state index in [1.165, 1.54) is 0 Å². The van der Waals surface area contributed by atoms with Crippen LogP contribution in [0.3, 0.4) is 0 Å². The lowest BCUT2D eigenvalue weighted by Gasteiger charge is -2.32.